The molecular formula is C15H21N3OS. The summed E-state index contributed by atoms with van der Waals surface area (Å²) in [7, 11) is 0. The lowest BCUT2D eigenvalue weighted by molar-refractivity contribution is -0.128. The smallest absolute Gasteiger partial charge is 0.249 e. The van der Waals surface area contributed by atoms with Crippen molar-refractivity contribution in [3.63, 3.8) is 0 Å². The Morgan fingerprint density at radius 2 is 2.05 bits per heavy atom. The lowest BCUT2D eigenvalue weighted by atomic mass is 10.0. The summed E-state index contributed by atoms with van der Waals surface area (Å²) in [6.45, 7) is 8.41. The first-order valence-electron chi connectivity index (χ1n) is 7.17. The van der Waals surface area contributed by atoms with Crippen LogP contribution in [0.5, 0.6) is 0 Å². The quantitative estimate of drug-likeness (QED) is 0.853. The molecule has 1 N–H and O–H groups in total. The van der Waals surface area contributed by atoms with E-state index in [9.17, 15) is 4.79 Å². The second kappa shape index (κ2) is 6.08. The Hall–Kier alpha value is -1.17. The number of piperazine rings is 1. The zero-order valence-electron chi connectivity index (χ0n) is 11.9. The van der Waals surface area contributed by atoms with Crippen molar-refractivity contribution in [3.8, 4) is 0 Å². The Morgan fingerprint density at radius 1 is 1.30 bits per heavy atom. The second-order valence-corrected chi connectivity index (χ2v) is 6.51. The van der Waals surface area contributed by atoms with Crippen LogP contribution in [0.25, 0.3) is 0 Å². The van der Waals surface area contributed by atoms with Crippen LogP contribution in [-0.2, 0) is 11.3 Å². The SMILES string of the molecule is CC(C(=O)N1CCN(Cc2cccs2)CC1)=C1CNC1. The van der Waals surface area contributed by atoms with Gasteiger partial charge in [0.25, 0.3) is 0 Å². The molecule has 1 amide bonds. The zero-order valence-corrected chi connectivity index (χ0v) is 12.7. The molecule has 0 atom stereocenters. The summed E-state index contributed by atoms with van der Waals surface area (Å²) >= 11 is 1.81. The van der Waals surface area contributed by atoms with Crippen LogP contribution in [0.4, 0.5) is 0 Å². The van der Waals surface area contributed by atoms with E-state index in [1.165, 1.54) is 10.5 Å². The number of carbonyl (C=O) groups excluding carboxylic acids is 1. The van der Waals surface area contributed by atoms with Gasteiger partial charge in [0.1, 0.15) is 0 Å². The van der Waals surface area contributed by atoms with Gasteiger partial charge in [0.05, 0.1) is 0 Å². The van der Waals surface area contributed by atoms with E-state index in [4.69, 9.17) is 0 Å². The van der Waals surface area contributed by atoms with Gasteiger partial charge in [-0.15, -0.1) is 11.3 Å². The molecule has 4 nitrogen and oxygen atoms in total. The van der Waals surface area contributed by atoms with E-state index in [0.717, 1.165) is 51.4 Å². The second-order valence-electron chi connectivity index (χ2n) is 5.48. The van der Waals surface area contributed by atoms with Gasteiger partial charge in [0, 0.05) is 56.3 Å². The number of nitrogens with one attached hydrogen (secondary N) is 1. The summed E-state index contributed by atoms with van der Waals surface area (Å²) in [5, 5.41) is 5.32. The minimum absolute atomic E-state index is 0.234. The Bertz CT molecular complexity index is 495. The molecular weight excluding hydrogens is 270 g/mol. The fourth-order valence-electron chi connectivity index (χ4n) is 2.64. The molecule has 1 aromatic rings. The molecule has 1 aromatic heterocycles. The Balaban J connectivity index is 1.52. The third kappa shape index (κ3) is 2.95. The highest BCUT2D eigenvalue weighted by Crippen LogP contribution is 2.16. The van der Waals surface area contributed by atoms with Crippen LogP contribution in [0, 0.1) is 0 Å². The third-order valence-electron chi connectivity index (χ3n) is 4.15. The van der Waals surface area contributed by atoms with E-state index in [1.807, 2.05) is 11.8 Å². The van der Waals surface area contributed by atoms with Crippen LogP contribution in [0.2, 0.25) is 0 Å². The number of thiophene rings is 1. The van der Waals surface area contributed by atoms with Crippen LogP contribution in [0.15, 0.2) is 28.7 Å². The molecule has 3 heterocycles. The highest BCUT2D eigenvalue weighted by atomic mass is 32.1. The van der Waals surface area contributed by atoms with E-state index >= 15 is 0 Å². The van der Waals surface area contributed by atoms with E-state index in [0.29, 0.717) is 0 Å². The summed E-state index contributed by atoms with van der Waals surface area (Å²) in [6.07, 6.45) is 0. The van der Waals surface area contributed by atoms with Crippen molar-refractivity contribution in [3.05, 3.63) is 33.5 Å². The van der Waals surface area contributed by atoms with Crippen LogP contribution >= 0.6 is 11.3 Å². The zero-order chi connectivity index (χ0) is 13.9. The van der Waals surface area contributed by atoms with Gasteiger partial charge in [-0.3, -0.25) is 9.69 Å². The highest BCUT2D eigenvalue weighted by molar-refractivity contribution is 7.09. The molecule has 0 saturated carbocycles. The normalized spacial score (nSPS) is 19.9. The van der Waals surface area contributed by atoms with Gasteiger partial charge in [-0.1, -0.05) is 6.07 Å². The maximum atomic E-state index is 12.4. The molecule has 2 fully saturated rings. The Kier molecular flexibility index (Phi) is 4.19. The molecule has 0 aliphatic carbocycles. The first kappa shape index (κ1) is 13.8. The summed E-state index contributed by atoms with van der Waals surface area (Å²) in [5.41, 5.74) is 2.23. The highest BCUT2D eigenvalue weighted by Gasteiger charge is 2.24. The van der Waals surface area contributed by atoms with E-state index in [2.05, 4.69) is 27.7 Å². The molecule has 20 heavy (non-hydrogen) atoms. The summed E-state index contributed by atoms with van der Waals surface area (Å²) in [6, 6.07) is 4.28. The Morgan fingerprint density at radius 3 is 2.60 bits per heavy atom. The van der Waals surface area contributed by atoms with E-state index in [1.54, 1.807) is 11.3 Å². The topological polar surface area (TPSA) is 35.6 Å². The predicted octanol–water partition coefficient (Wildman–Crippen LogP) is 1.31. The average molecular weight is 291 g/mol. The fourth-order valence-corrected chi connectivity index (χ4v) is 3.38. The molecule has 108 valence electrons. The van der Waals surface area contributed by atoms with Crippen molar-refractivity contribution in [2.45, 2.75) is 13.5 Å². The van der Waals surface area contributed by atoms with E-state index < -0.39 is 0 Å². The van der Waals surface area contributed by atoms with Crippen molar-refractivity contribution in [2.75, 3.05) is 39.3 Å². The number of hydrogen-bond donors (Lipinski definition) is 1. The van der Waals surface area contributed by atoms with Crippen LogP contribution in [0.1, 0.15) is 11.8 Å². The van der Waals surface area contributed by atoms with Crippen LogP contribution in [-0.4, -0.2) is 55.0 Å². The minimum Gasteiger partial charge on any atom is -0.336 e. The van der Waals surface area contributed by atoms with Crippen molar-refractivity contribution >= 4 is 17.2 Å². The minimum atomic E-state index is 0.234. The number of carbonyl (C=O) groups is 1. The van der Waals surface area contributed by atoms with Gasteiger partial charge >= 0.3 is 0 Å². The largest absolute Gasteiger partial charge is 0.336 e. The lowest BCUT2D eigenvalue weighted by Gasteiger charge is -2.35. The first-order valence-corrected chi connectivity index (χ1v) is 8.05. The van der Waals surface area contributed by atoms with Crippen LogP contribution < -0.4 is 5.32 Å². The summed E-state index contributed by atoms with van der Waals surface area (Å²) in [5.74, 6) is 0.234. The average Bonchev–Trinajstić information content (AvgIpc) is 2.89. The van der Waals surface area contributed by atoms with E-state index in [-0.39, 0.29) is 5.91 Å². The number of rotatable bonds is 3. The van der Waals surface area contributed by atoms with Gasteiger partial charge in [-0.2, -0.15) is 0 Å². The first-order chi connectivity index (χ1) is 9.74. The van der Waals surface area contributed by atoms with Crippen molar-refractivity contribution in [1.29, 1.82) is 0 Å². The molecule has 2 saturated heterocycles. The monoisotopic (exact) mass is 291 g/mol. The van der Waals surface area contributed by atoms with Gasteiger partial charge in [0.15, 0.2) is 0 Å². The molecule has 0 unspecified atom stereocenters. The Labute approximate surface area is 124 Å². The molecule has 3 rings (SSSR count). The summed E-state index contributed by atoms with van der Waals surface area (Å²) in [4.78, 5) is 18.2. The van der Waals surface area contributed by atoms with Gasteiger partial charge in [-0.25, -0.2) is 0 Å². The third-order valence-corrected chi connectivity index (χ3v) is 5.01. The predicted molar refractivity (Wildman–Crippen MR) is 81.7 cm³/mol. The van der Waals surface area contributed by atoms with Crippen molar-refractivity contribution in [1.82, 2.24) is 15.1 Å². The number of hydrogen-bond acceptors (Lipinski definition) is 4. The number of amides is 1. The summed E-state index contributed by atoms with van der Waals surface area (Å²) < 4.78 is 0. The van der Waals surface area contributed by atoms with Crippen molar-refractivity contribution < 1.29 is 4.79 Å². The molecule has 0 aromatic carbocycles. The molecule has 0 bridgehead atoms. The fraction of sp³-hybridized carbons (Fsp3) is 0.533. The molecule has 2 aliphatic rings. The van der Waals surface area contributed by atoms with Crippen molar-refractivity contribution in [2.24, 2.45) is 0 Å². The molecule has 5 heteroatoms. The standard InChI is InChI=1S/C15H21N3OS/c1-12(13-9-16-10-13)15(19)18-6-4-17(5-7-18)11-14-3-2-8-20-14/h2-3,8,16H,4-7,9-11H2,1H3. The van der Waals surface area contributed by atoms with Gasteiger partial charge in [0.2, 0.25) is 5.91 Å². The maximum Gasteiger partial charge on any atom is 0.249 e. The maximum absolute atomic E-state index is 12.4. The lowest BCUT2D eigenvalue weighted by Crippen LogP contribution is -2.49. The van der Waals surface area contributed by atoms with Gasteiger partial charge < -0.3 is 10.2 Å². The molecule has 2 aliphatic heterocycles. The molecule has 0 spiro atoms. The van der Waals surface area contributed by atoms with Gasteiger partial charge in [-0.05, 0) is 23.9 Å². The number of nitrogens with zero attached hydrogens (tertiary/aromatic N) is 2. The molecule has 0 radical (unpaired) electrons. The van der Waals surface area contributed by atoms with Crippen LogP contribution in [0.3, 0.4) is 0 Å².